The van der Waals surface area contributed by atoms with Gasteiger partial charge in [-0.1, -0.05) is 39.0 Å². The molecule has 2 heteroatoms. The summed E-state index contributed by atoms with van der Waals surface area (Å²) in [5, 5.41) is 0. The third kappa shape index (κ3) is 3.32. The molecule has 0 aliphatic heterocycles. The summed E-state index contributed by atoms with van der Waals surface area (Å²) in [6.45, 7) is 5.85. The van der Waals surface area contributed by atoms with Crippen molar-refractivity contribution < 1.29 is 0 Å². The van der Waals surface area contributed by atoms with E-state index >= 15 is 0 Å². The molecule has 2 bridgehead atoms. The van der Waals surface area contributed by atoms with Crippen molar-refractivity contribution in [3.8, 4) is 0 Å². The predicted octanol–water partition coefficient (Wildman–Crippen LogP) is 4.19. The van der Waals surface area contributed by atoms with Crippen molar-refractivity contribution in [1.82, 2.24) is 4.90 Å². The van der Waals surface area contributed by atoms with Gasteiger partial charge in [0.1, 0.15) is 0 Å². The Morgan fingerprint density at radius 2 is 1.81 bits per heavy atom. The molecule has 2 nitrogen and oxygen atoms in total. The highest BCUT2D eigenvalue weighted by Crippen LogP contribution is 2.49. The Bertz CT molecular complexity index is 320. The molecule has 0 aromatic carbocycles. The summed E-state index contributed by atoms with van der Waals surface area (Å²) in [6, 6.07) is 0. The van der Waals surface area contributed by atoms with Gasteiger partial charge in [-0.2, -0.15) is 0 Å². The minimum absolute atomic E-state index is 0.342. The van der Waals surface area contributed by atoms with Gasteiger partial charge >= 0.3 is 0 Å². The van der Waals surface area contributed by atoms with E-state index in [2.05, 4.69) is 11.8 Å². The maximum Gasteiger partial charge on any atom is 0.0331 e. The van der Waals surface area contributed by atoms with Gasteiger partial charge in [0.25, 0.3) is 0 Å². The summed E-state index contributed by atoms with van der Waals surface area (Å²) in [6.07, 6.45) is 15.7. The SMILES string of the molecule is CCCN(CC1CC2CCC1C2)C1(CN)CCCCCC1. The molecule has 21 heavy (non-hydrogen) atoms. The van der Waals surface area contributed by atoms with Crippen LogP contribution in [0.1, 0.15) is 77.6 Å². The van der Waals surface area contributed by atoms with Crippen LogP contribution in [0.15, 0.2) is 0 Å². The molecule has 0 saturated heterocycles. The summed E-state index contributed by atoms with van der Waals surface area (Å²) in [4.78, 5) is 2.86. The van der Waals surface area contributed by atoms with Crippen molar-refractivity contribution in [1.29, 1.82) is 0 Å². The standard InChI is InChI=1S/C19H36N2/c1-2-11-21(14-18-13-16-7-8-17(18)12-16)19(15-20)9-5-3-4-6-10-19/h16-18H,2-15,20H2,1H3. The summed E-state index contributed by atoms with van der Waals surface area (Å²) >= 11 is 0. The van der Waals surface area contributed by atoms with E-state index in [0.29, 0.717) is 5.54 Å². The van der Waals surface area contributed by atoms with Crippen molar-refractivity contribution >= 4 is 0 Å². The highest BCUT2D eigenvalue weighted by molar-refractivity contribution is 4.97. The van der Waals surface area contributed by atoms with Crippen LogP contribution in [0.25, 0.3) is 0 Å². The molecule has 122 valence electrons. The monoisotopic (exact) mass is 292 g/mol. The Morgan fingerprint density at radius 3 is 2.33 bits per heavy atom. The van der Waals surface area contributed by atoms with Gasteiger partial charge in [-0.05, 0) is 62.8 Å². The van der Waals surface area contributed by atoms with E-state index in [9.17, 15) is 0 Å². The van der Waals surface area contributed by atoms with Crippen LogP contribution < -0.4 is 5.73 Å². The Hall–Kier alpha value is -0.0800. The first kappa shape index (κ1) is 15.8. The van der Waals surface area contributed by atoms with Crippen molar-refractivity contribution in [3.05, 3.63) is 0 Å². The fourth-order valence-electron chi connectivity index (χ4n) is 5.71. The zero-order valence-electron chi connectivity index (χ0n) is 14.2. The molecule has 3 saturated carbocycles. The van der Waals surface area contributed by atoms with Gasteiger partial charge in [-0.25, -0.2) is 0 Å². The van der Waals surface area contributed by atoms with E-state index in [1.807, 2.05) is 0 Å². The third-order valence-corrected chi connectivity index (χ3v) is 6.92. The van der Waals surface area contributed by atoms with Crippen LogP contribution in [0.2, 0.25) is 0 Å². The van der Waals surface area contributed by atoms with Crippen LogP contribution in [0.4, 0.5) is 0 Å². The van der Waals surface area contributed by atoms with E-state index in [-0.39, 0.29) is 0 Å². The van der Waals surface area contributed by atoms with Gasteiger partial charge in [0.15, 0.2) is 0 Å². The van der Waals surface area contributed by atoms with Crippen LogP contribution >= 0.6 is 0 Å². The average Bonchev–Trinajstić information content (AvgIpc) is 3.03. The molecule has 3 rings (SSSR count). The quantitative estimate of drug-likeness (QED) is 0.744. The minimum atomic E-state index is 0.342. The molecule has 0 amide bonds. The zero-order chi connectivity index (χ0) is 14.7. The number of nitrogens with two attached hydrogens (primary N) is 1. The first-order chi connectivity index (χ1) is 10.3. The molecule has 3 fully saturated rings. The van der Waals surface area contributed by atoms with Gasteiger partial charge in [0, 0.05) is 18.6 Å². The number of hydrogen-bond acceptors (Lipinski definition) is 2. The van der Waals surface area contributed by atoms with E-state index in [4.69, 9.17) is 5.73 Å². The smallest absolute Gasteiger partial charge is 0.0331 e. The maximum absolute atomic E-state index is 6.35. The van der Waals surface area contributed by atoms with Gasteiger partial charge in [-0.3, -0.25) is 4.90 Å². The molecule has 0 aromatic heterocycles. The molecule has 3 aliphatic carbocycles. The van der Waals surface area contributed by atoms with Gasteiger partial charge < -0.3 is 5.73 Å². The van der Waals surface area contributed by atoms with Gasteiger partial charge in [-0.15, -0.1) is 0 Å². The van der Waals surface area contributed by atoms with Gasteiger partial charge in [0.05, 0.1) is 0 Å². The molecule has 0 aromatic rings. The first-order valence-electron chi connectivity index (χ1n) is 9.72. The summed E-state index contributed by atoms with van der Waals surface area (Å²) in [7, 11) is 0. The fourth-order valence-corrected chi connectivity index (χ4v) is 5.71. The third-order valence-electron chi connectivity index (χ3n) is 6.92. The zero-order valence-corrected chi connectivity index (χ0v) is 14.2. The van der Waals surface area contributed by atoms with E-state index < -0.39 is 0 Å². The fraction of sp³-hybridized carbons (Fsp3) is 1.00. The number of fused-ring (bicyclic) bond motifs is 2. The molecule has 2 N–H and O–H groups in total. The van der Waals surface area contributed by atoms with Crippen LogP contribution in [-0.4, -0.2) is 30.1 Å². The lowest BCUT2D eigenvalue weighted by atomic mass is 9.83. The van der Waals surface area contributed by atoms with Crippen LogP contribution in [0, 0.1) is 17.8 Å². The summed E-state index contributed by atoms with van der Waals surface area (Å²) in [5.74, 6) is 3.11. The lowest BCUT2D eigenvalue weighted by molar-refractivity contribution is 0.0505. The number of nitrogens with zero attached hydrogens (tertiary/aromatic N) is 1. The Balaban J connectivity index is 1.69. The van der Waals surface area contributed by atoms with Crippen molar-refractivity contribution in [2.75, 3.05) is 19.6 Å². The largest absolute Gasteiger partial charge is 0.329 e. The molecular weight excluding hydrogens is 256 g/mol. The highest BCUT2D eigenvalue weighted by atomic mass is 15.2. The molecule has 0 spiro atoms. The minimum Gasteiger partial charge on any atom is -0.329 e. The van der Waals surface area contributed by atoms with E-state index in [0.717, 1.165) is 24.3 Å². The van der Waals surface area contributed by atoms with E-state index in [1.165, 1.54) is 77.3 Å². The van der Waals surface area contributed by atoms with Crippen LogP contribution in [0.5, 0.6) is 0 Å². The highest BCUT2D eigenvalue weighted by Gasteiger charge is 2.43. The van der Waals surface area contributed by atoms with Crippen molar-refractivity contribution in [2.45, 2.75) is 83.1 Å². The molecular formula is C19H36N2. The van der Waals surface area contributed by atoms with Crippen molar-refractivity contribution in [3.63, 3.8) is 0 Å². The Labute approximate surface area is 131 Å². The number of hydrogen-bond donors (Lipinski definition) is 1. The second-order valence-electron chi connectivity index (χ2n) is 8.22. The second-order valence-corrected chi connectivity index (χ2v) is 8.22. The average molecular weight is 293 g/mol. The van der Waals surface area contributed by atoms with Crippen LogP contribution in [-0.2, 0) is 0 Å². The predicted molar refractivity (Wildman–Crippen MR) is 90.3 cm³/mol. The van der Waals surface area contributed by atoms with Crippen LogP contribution in [0.3, 0.4) is 0 Å². The topological polar surface area (TPSA) is 29.3 Å². The Morgan fingerprint density at radius 1 is 1.05 bits per heavy atom. The van der Waals surface area contributed by atoms with Crippen molar-refractivity contribution in [2.24, 2.45) is 23.5 Å². The molecule has 0 radical (unpaired) electrons. The summed E-state index contributed by atoms with van der Waals surface area (Å²) in [5.41, 5.74) is 6.69. The normalized spacial score (nSPS) is 35.3. The number of rotatable bonds is 6. The lowest BCUT2D eigenvalue weighted by Gasteiger charge is -2.45. The molecule has 3 aliphatic rings. The maximum atomic E-state index is 6.35. The molecule has 0 heterocycles. The first-order valence-corrected chi connectivity index (χ1v) is 9.72. The summed E-state index contributed by atoms with van der Waals surface area (Å²) < 4.78 is 0. The molecule has 3 unspecified atom stereocenters. The van der Waals surface area contributed by atoms with Gasteiger partial charge in [0.2, 0.25) is 0 Å². The lowest BCUT2D eigenvalue weighted by Crippen LogP contribution is -2.55. The Kier molecular flexibility index (Phi) is 5.27. The van der Waals surface area contributed by atoms with E-state index in [1.54, 1.807) is 6.42 Å². The second kappa shape index (κ2) is 7.00. The molecule has 3 atom stereocenters.